The van der Waals surface area contributed by atoms with Crippen LogP contribution in [0.5, 0.6) is 0 Å². The summed E-state index contributed by atoms with van der Waals surface area (Å²) in [5, 5.41) is 2.72. The number of ether oxygens (including phenoxy) is 1. The van der Waals surface area contributed by atoms with Gasteiger partial charge in [0.25, 0.3) is 0 Å². The Morgan fingerprint density at radius 1 is 1.03 bits per heavy atom. The summed E-state index contributed by atoms with van der Waals surface area (Å²) in [5.74, 6) is 0.532. The predicted molar refractivity (Wildman–Crippen MR) is 122 cm³/mol. The number of alkyl carbamates (subject to hydrolysis) is 1. The standard InChI is InChI=1S/C25H33N3O3/c1-27(18-21-11-7-4-8-12-21)19-22-13-15-28(16-14-22)24(29)23(26-25(30)31-2)17-20-9-5-3-6-10-20/h3-12,22-23H,13-19H2,1-2H3,(H,26,30). The fourth-order valence-electron chi connectivity index (χ4n) is 4.21. The molecule has 6 heteroatoms. The molecule has 3 rings (SSSR count). The number of hydrogen-bond donors (Lipinski definition) is 1. The fourth-order valence-corrected chi connectivity index (χ4v) is 4.21. The van der Waals surface area contributed by atoms with E-state index >= 15 is 0 Å². The maximum Gasteiger partial charge on any atom is 0.407 e. The van der Waals surface area contributed by atoms with Crippen molar-refractivity contribution >= 4 is 12.0 Å². The number of rotatable bonds is 8. The van der Waals surface area contributed by atoms with Crippen molar-refractivity contribution < 1.29 is 14.3 Å². The highest BCUT2D eigenvalue weighted by atomic mass is 16.5. The number of nitrogens with one attached hydrogen (secondary N) is 1. The Morgan fingerprint density at radius 3 is 2.19 bits per heavy atom. The van der Waals surface area contributed by atoms with Crippen LogP contribution in [-0.4, -0.2) is 61.6 Å². The summed E-state index contributed by atoms with van der Waals surface area (Å²) >= 11 is 0. The molecule has 2 aromatic carbocycles. The van der Waals surface area contributed by atoms with Crippen LogP contribution in [0.1, 0.15) is 24.0 Å². The summed E-state index contributed by atoms with van der Waals surface area (Å²) in [6.45, 7) is 3.39. The molecule has 1 fully saturated rings. The van der Waals surface area contributed by atoms with Crippen LogP contribution < -0.4 is 5.32 Å². The molecule has 6 nitrogen and oxygen atoms in total. The number of likely N-dealkylation sites (tertiary alicyclic amines) is 1. The number of benzene rings is 2. The molecule has 2 aromatic rings. The van der Waals surface area contributed by atoms with Gasteiger partial charge in [0.05, 0.1) is 7.11 Å². The molecule has 0 aromatic heterocycles. The predicted octanol–water partition coefficient (Wildman–Crippen LogP) is 3.32. The summed E-state index contributed by atoms with van der Waals surface area (Å²) in [6, 6.07) is 19.6. The van der Waals surface area contributed by atoms with Crippen molar-refractivity contribution in [1.29, 1.82) is 0 Å². The van der Waals surface area contributed by atoms with Crippen LogP contribution in [0.3, 0.4) is 0 Å². The Bertz CT molecular complexity index is 820. The minimum Gasteiger partial charge on any atom is -0.453 e. The highest BCUT2D eigenvalue weighted by molar-refractivity contribution is 5.86. The van der Waals surface area contributed by atoms with Crippen molar-refractivity contribution in [1.82, 2.24) is 15.1 Å². The van der Waals surface area contributed by atoms with Gasteiger partial charge in [0.1, 0.15) is 6.04 Å². The average Bonchev–Trinajstić information content (AvgIpc) is 2.80. The lowest BCUT2D eigenvalue weighted by atomic mass is 9.95. The summed E-state index contributed by atoms with van der Waals surface area (Å²) in [4.78, 5) is 29.2. The van der Waals surface area contributed by atoms with Gasteiger partial charge in [0.2, 0.25) is 5.91 Å². The Kier molecular flexibility index (Phi) is 8.47. The highest BCUT2D eigenvalue weighted by Gasteiger charge is 2.30. The van der Waals surface area contributed by atoms with E-state index in [-0.39, 0.29) is 5.91 Å². The quantitative estimate of drug-likeness (QED) is 0.708. The molecule has 0 saturated carbocycles. The maximum atomic E-state index is 13.2. The van der Waals surface area contributed by atoms with Crippen LogP contribution in [0.4, 0.5) is 4.79 Å². The highest BCUT2D eigenvalue weighted by Crippen LogP contribution is 2.20. The average molecular weight is 424 g/mol. The van der Waals surface area contributed by atoms with Crippen molar-refractivity contribution in [3.63, 3.8) is 0 Å². The van der Waals surface area contributed by atoms with Crippen LogP contribution in [0.25, 0.3) is 0 Å². The van der Waals surface area contributed by atoms with E-state index in [1.165, 1.54) is 12.7 Å². The van der Waals surface area contributed by atoms with Crippen molar-refractivity contribution in [2.75, 3.05) is 33.8 Å². The first-order valence-electron chi connectivity index (χ1n) is 10.9. The van der Waals surface area contributed by atoms with Crippen LogP contribution in [0.2, 0.25) is 0 Å². The molecule has 1 aliphatic heterocycles. The van der Waals surface area contributed by atoms with Crippen molar-refractivity contribution in [2.24, 2.45) is 5.92 Å². The minimum absolute atomic E-state index is 0.0367. The van der Waals surface area contributed by atoms with Gasteiger partial charge in [-0.15, -0.1) is 0 Å². The lowest BCUT2D eigenvalue weighted by Gasteiger charge is -2.35. The molecule has 166 valence electrons. The van der Waals surface area contributed by atoms with Crippen LogP contribution in [0.15, 0.2) is 60.7 Å². The topological polar surface area (TPSA) is 61.9 Å². The molecule has 0 radical (unpaired) electrons. The zero-order chi connectivity index (χ0) is 22.1. The van der Waals surface area contributed by atoms with Gasteiger partial charge in [-0.3, -0.25) is 4.79 Å². The molecule has 0 spiro atoms. The van der Waals surface area contributed by atoms with E-state index < -0.39 is 12.1 Å². The summed E-state index contributed by atoms with van der Waals surface area (Å²) in [7, 11) is 3.47. The minimum atomic E-state index is -0.618. The zero-order valence-electron chi connectivity index (χ0n) is 18.5. The molecule has 1 saturated heterocycles. The second-order valence-electron chi connectivity index (χ2n) is 8.33. The van der Waals surface area contributed by atoms with Crippen LogP contribution in [0, 0.1) is 5.92 Å². The number of piperidine rings is 1. The summed E-state index contributed by atoms with van der Waals surface area (Å²) < 4.78 is 4.74. The summed E-state index contributed by atoms with van der Waals surface area (Å²) in [5.41, 5.74) is 2.32. The van der Waals surface area contributed by atoms with E-state index in [4.69, 9.17) is 4.74 Å². The number of methoxy groups -OCH3 is 1. The molecule has 1 heterocycles. The molecule has 1 unspecified atom stereocenters. The third-order valence-corrected chi connectivity index (χ3v) is 5.85. The third-order valence-electron chi connectivity index (χ3n) is 5.85. The van der Waals surface area contributed by atoms with E-state index in [1.807, 2.05) is 41.3 Å². The second-order valence-corrected chi connectivity index (χ2v) is 8.33. The first kappa shape index (κ1) is 22.8. The van der Waals surface area contributed by atoms with Gasteiger partial charge < -0.3 is 19.9 Å². The molecule has 31 heavy (non-hydrogen) atoms. The Balaban J connectivity index is 1.52. The van der Waals surface area contributed by atoms with E-state index in [0.29, 0.717) is 12.3 Å². The maximum absolute atomic E-state index is 13.2. The van der Waals surface area contributed by atoms with Gasteiger partial charge >= 0.3 is 6.09 Å². The van der Waals surface area contributed by atoms with E-state index in [0.717, 1.165) is 44.6 Å². The van der Waals surface area contributed by atoms with Crippen molar-refractivity contribution in [3.8, 4) is 0 Å². The van der Waals surface area contributed by atoms with Gasteiger partial charge in [-0.05, 0) is 36.9 Å². The Labute approximate surface area is 185 Å². The Hall–Kier alpha value is -2.86. The third kappa shape index (κ3) is 7.10. The molecule has 1 atom stereocenters. The van der Waals surface area contributed by atoms with E-state index in [2.05, 4.69) is 41.5 Å². The SMILES string of the molecule is COC(=O)NC(Cc1ccccc1)C(=O)N1CCC(CN(C)Cc2ccccc2)CC1. The molecular formula is C25H33N3O3. The van der Waals surface area contributed by atoms with Gasteiger partial charge in [-0.25, -0.2) is 4.79 Å². The normalized spacial score (nSPS) is 15.5. The molecule has 1 N–H and O–H groups in total. The summed E-state index contributed by atoms with van der Waals surface area (Å²) in [6.07, 6.45) is 1.82. The zero-order valence-corrected chi connectivity index (χ0v) is 18.5. The second kappa shape index (κ2) is 11.5. The monoisotopic (exact) mass is 423 g/mol. The van der Waals surface area contributed by atoms with Gasteiger partial charge in [-0.1, -0.05) is 60.7 Å². The smallest absolute Gasteiger partial charge is 0.407 e. The van der Waals surface area contributed by atoms with Crippen molar-refractivity contribution in [2.45, 2.75) is 31.8 Å². The fraction of sp³-hybridized carbons (Fsp3) is 0.440. The van der Waals surface area contributed by atoms with Gasteiger partial charge in [-0.2, -0.15) is 0 Å². The molecule has 2 amide bonds. The number of hydrogen-bond acceptors (Lipinski definition) is 4. The van der Waals surface area contributed by atoms with Gasteiger partial charge in [0, 0.05) is 32.6 Å². The molecular weight excluding hydrogens is 390 g/mol. The van der Waals surface area contributed by atoms with Crippen LogP contribution >= 0.6 is 0 Å². The lowest BCUT2D eigenvalue weighted by molar-refractivity contribution is -0.134. The number of carbonyl (C=O) groups excluding carboxylic acids is 2. The van der Waals surface area contributed by atoms with Gasteiger partial charge in [0.15, 0.2) is 0 Å². The molecule has 1 aliphatic rings. The number of nitrogens with zero attached hydrogens (tertiary/aromatic N) is 2. The largest absolute Gasteiger partial charge is 0.453 e. The molecule has 0 aliphatic carbocycles. The van der Waals surface area contributed by atoms with E-state index in [9.17, 15) is 9.59 Å². The van der Waals surface area contributed by atoms with E-state index in [1.54, 1.807) is 0 Å². The van der Waals surface area contributed by atoms with Crippen molar-refractivity contribution in [3.05, 3.63) is 71.8 Å². The molecule has 0 bridgehead atoms. The van der Waals surface area contributed by atoms with Crippen LogP contribution in [-0.2, 0) is 22.5 Å². The lowest BCUT2D eigenvalue weighted by Crippen LogP contribution is -2.52. The number of carbonyl (C=O) groups is 2. The first-order chi connectivity index (χ1) is 15.0. The first-order valence-corrected chi connectivity index (χ1v) is 10.9. The Morgan fingerprint density at radius 2 is 1.61 bits per heavy atom. The number of amides is 2.